The van der Waals surface area contributed by atoms with E-state index in [1.165, 1.54) is 0 Å². The van der Waals surface area contributed by atoms with Gasteiger partial charge in [-0.2, -0.15) is 5.26 Å². The molecule has 2 saturated heterocycles. The average molecular weight is 499 g/mol. The van der Waals surface area contributed by atoms with E-state index in [0.717, 1.165) is 54.2 Å². The highest BCUT2D eigenvalue weighted by molar-refractivity contribution is 5.89. The molecule has 1 amide bonds. The summed E-state index contributed by atoms with van der Waals surface area (Å²) in [6.07, 6.45) is 4.85. The predicted octanol–water partition coefficient (Wildman–Crippen LogP) is 2.04. The first-order valence-corrected chi connectivity index (χ1v) is 12.9. The molecule has 10 heteroatoms. The molecule has 0 unspecified atom stereocenters. The van der Waals surface area contributed by atoms with Crippen molar-refractivity contribution >= 4 is 28.4 Å². The molecule has 0 radical (unpaired) electrons. The third-order valence-electron chi connectivity index (χ3n) is 7.43. The van der Waals surface area contributed by atoms with Crippen LogP contribution in [0.5, 0.6) is 0 Å². The number of aromatic nitrogens is 3. The molecule has 0 bridgehead atoms. The number of nitrogens with one attached hydrogen (secondary N) is 2. The highest BCUT2D eigenvalue weighted by atomic mass is 16.5. The summed E-state index contributed by atoms with van der Waals surface area (Å²) < 4.78 is 5.81. The van der Waals surface area contributed by atoms with Gasteiger partial charge in [-0.1, -0.05) is 12.1 Å². The van der Waals surface area contributed by atoms with Crippen LogP contribution in [0.4, 0.5) is 11.5 Å². The number of nitriles is 1. The number of rotatable bonds is 6. The average Bonchev–Trinajstić information content (AvgIpc) is 3.78. The maximum Gasteiger partial charge on any atom is 0.243 e. The van der Waals surface area contributed by atoms with Crippen molar-refractivity contribution in [1.82, 2.24) is 25.2 Å². The first-order chi connectivity index (χ1) is 18.1. The molecule has 10 nitrogen and oxygen atoms in total. The zero-order valence-electron chi connectivity index (χ0n) is 20.7. The van der Waals surface area contributed by atoms with E-state index in [0.29, 0.717) is 44.9 Å². The van der Waals surface area contributed by atoms with Crippen LogP contribution in [0.15, 0.2) is 42.7 Å². The first kappa shape index (κ1) is 23.6. The highest BCUT2D eigenvalue weighted by Gasteiger charge is 2.52. The van der Waals surface area contributed by atoms with E-state index in [-0.39, 0.29) is 12.0 Å². The van der Waals surface area contributed by atoms with Crippen molar-refractivity contribution in [3.63, 3.8) is 0 Å². The van der Waals surface area contributed by atoms with Crippen LogP contribution in [-0.2, 0) is 9.53 Å². The molecule has 4 heterocycles. The smallest absolute Gasteiger partial charge is 0.243 e. The highest BCUT2D eigenvalue weighted by Crippen LogP contribution is 2.46. The number of ether oxygens (including phenoxy) is 1. The second kappa shape index (κ2) is 9.92. The fourth-order valence-electron chi connectivity index (χ4n) is 5.02. The van der Waals surface area contributed by atoms with Gasteiger partial charge in [0, 0.05) is 69.5 Å². The van der Waals surface area contributed by atoms with Gasteiger partial charge in [-0.15, -0.1) is 0 Å². The monoisotopic (exact) mass is 498 g/mol. The van der Waals surface area contributed by atoms with Gasteiger partial charge >= 0.3 is 0 Å². The Bertz CT molecular complexity index is 1320. The van der Waals surface area contributed by atoms with E-state index in [2.05, 4.69) is 55.8 Å². The van der Waals surface area contributed by atoms with E-state index in [1.807, 2.05) is 11.0 Å². The van der Waals surface area contributed by atoms with Gasteiger partial charge in [-0.3, -0.25) is 9.78 Å². The number of anilines is 2. The van der Waals surface area contributed by atoms with Gasteiger partial charge in [0.25, 0.3) is 0 Å². The van der Waals surface area contributed by atoms with E-state index >= 15 is 0 Å². The summed E-state index contributed by atoms with van der Waals surface area (Å²) in [5.74, 6) is 0.705. The van der Waals surface area contributed by atoms with Gasteiger partial charge in [0.2, 0.25) is 5.91 Å². The Morgan fingerprint density at radius 2 is 1.95 bits per heavy atom. The minimum absolute atomic E-state index is 0.00574. The largest absolute Gasteiger partial charge is 0.374 e. The Kier molecular flexibility index (Phi) is 6.32. The Morgan fingerprint density at radius 3 is 2.65 bits per heavy atom. The van der Waals surface area contributed by atoms with Crippen molar-refractivity contribution in [3.05, 3.63) is 42.7 Å². The van der Waals surface area contributed by atoms with Gasteiger partial charge in [-0.05, 0) is 31.0 Å². The summed E-state index contributed by atoms with van der Waals surface area (Å²) in [7, 11) is 0. The van der Waals surface area contributed by atoms with E-state index in [4.69, 9.17) is 9.72 Å². The molecule has 1 aromatic carbocycles. The van der Waals surface area contributed by atoms with Gasteiger partial charge in [0.1, 0.15) is 10.9 Å². The maximum absolute atomic E-state index is 12.7. The topological polar surface area (TPSA) is 119 Å². The number of morpholine rings is 1. The molecular formula is C27H30N8O2. The number of fused-ring (bicyclic) bond motifs is 1. The second-order valence-electron chi connectivity index (χ2n) is 9.88. The third-order valence-corrected chi connectivity index (χ3v) is 7.43. The Morgan fingerprint density at radius 1 is 1.16 bits per heavy atom. The predicted molar refractivity (Wildman–Crippen MR) is 140 cm³/mol. The zero-order chi connectivity index (χ0) is 25.2. The molecule has 6 rings (SSSR count). The Labute approximate surface area is 215 Å². The van der Waals surface area contributed by atoms with Crippen molar-refractivity contribution in [2.45, 2.75) is 18.9 Å². The molecule has 2 aliphatic heterocycles. The molecule has 3 aromatic rings. The Hall–Kier alpha value is -3.81. The minimum atomic E-state index is -0.741. The van der Waals surface area contributed by atoms with Crippen molar-refractivity contribution in [3.8, 4) is 17.3 Å². The lowest BCUT2D eigenvalue weighted by molar-refractivity contribution is -0.135. The molecule has 2 aromatic heterocycles. The minimum Gasteiger partial charge on any atom is -0.374 e. The lowest BCUT2D eigenvalue weighted by atomic mass is 10.1. The number of amides is 1. The number of benzene rings is 1. The quantitative estimate of drug-likeness (QED) is 0.526. The normalized spacial score (nSPS) is 20.9. The fourth-order valence-corrected chi connectivity index (χ4v) is 5.02. The van der Waals surface area contributed by atoms with Crippen LogP contribution >= 0.6 is 0 Å². The fraction of sp³-hybridized carbons (Fsp3) is 0.444. The van der Waals surface area contributed by atoms with Crippen molar-refractivity contribution in [1.29, 1.82) is 5.26 Å². The van der Waals surface area contributed by atoms with Crippen LogP contribution in [0.2, 0.25) is 0 Å². The van der Waals surface area contributed by atoms with Crippen molar-refractivity contribution < 1.29 is 9.53 Å². The lowest BCUT2D eigenvalue weighted by Gasteiger charge is -2.37. The molecule has 3 fully saturated rings. The summed E-state index contributed by atoms with van der Waals surface area (Å²) in [4.78, 5) is 30.7. The first-order valence-electron chi connectivity index (χ1n) is 12.9. The molecule has 190 valence electrons. The summed E-state index contributed by atoms with van der Waals surface area (Å²) >= 11 is 0. The van der Waals surface area contributed by atoms with Crippen LogP contribution in [0.1, 0.15) is 12.8 Å². The lowest BCUT2D eigenvalue weighted by Crippen LogP contribution is -2.50. The molecule has 1 saturated carbocycles. The summed E-state index contributed by atoms with van der Waals surface area (Å²) in [5, 5.41) is 16.1. The molecular weight excluding hydrogens is 468 g/mol. The molecule has 1 aliphatic carbocycles. The number of carbonyl (C=O) groups excluding carboxylic acids is 1. The van der Waals surface area contributed by atoms with Crippen molar-refractivity contribution in [2.75, 3.05) is 62.6 Å². The van der Waals surface area contributed by atoms with Crippen LogP contribution < -0.4 is 15.5 Å². The van der Waals surface area contributed by atoms with E-state index in [9.17, 15) is 10.1 Å². The number of hydrogen-bond acceptors (Lipinski definition) is 9. The number of nitrogens with zero attached hydrogens (tertiary/aromatic N) is 6. The number of hydrogen-bond donors (Lipinski definition) is 2. The molecule has 0 spiro atoms. The van der Waals surface area contributed by atoms with Gasteiger partial charge in [-0.25, -0.2) is 9.97 Å². The standard InChI is InChI=1S/C27H30N8O2/c28-18-27(5-6-27)26(36)35-12-10-34(11-13-35)20-3-1-19(2-4-20)22-15-23-24(31-8-7-30-23)25(33-22)32-17-21-16-29-9-14-37-21/h1-4,7-8,15,21,29H,5-6,9-14,16-17H2,(H,32,33)/t21-/m0/s1. The van der Waals surface area contributed by atoms with Crippen LogP contribution in [0.3, 0.4) is 0 Å². The second-order valence-corrected chi connectivity index (χ2v) is 9.88. The van der Waals surface area contributed by atoms with Gasteiger partial charge < -0.3 is 25.2 Å². The van der Waals surface area contributed by atoms with E-state index < -0.39 is 5.41 Å². The summed E-state index contributed by atoms with van der Waals surface area (Å²) in [5.41, 5.74) is 3.71. The van der Waals surface area contributed by atoms with Crippen LogP contribution in [0.25, 0.3) is 22.3 Å². The summed E-state index contributed by atoms with van der Waals surface area (Å²) in [6.45, 7) is 5.82. The van der Waals surface area contributed by atoms with Gasteiger partial charge in [0.15, 0.2) is 5.82 Å². The zero-order valence-corrected chi connectivity index (χ0v) is 20.7. The number of carbonyl (C=O) groups is 1. The van der Waals surface area contributed by atoms with Crippen LogP contribution in [-0.4, -0.2) is 84.3 Å². The molecule has 2 N–H and O–H groups in total. The van der Waals surface area contributed by atoms with Gasteiger partial charge in [0.05, 0.1) is 30.0 Å². The number of piperazine rings is 1. The van der Waals surface area contributed by atoms with Crippen LogP contribution in [0, 0.1) is 16.7 Å². The summed E-state index contributed by atoms with van der Waals surface area (Å²) in [6, 6.07) is 12.5. The van der Waals surface area contributed by atoms with E-state index in [1.54, 1.807) is 12.4 Å². The third kappa shape index (κ3) is 4.80. The Balaban J connectivity index is 1.16. The number of pyridine rings is 1. The molecule has 37 heavy (non-hydrogen) atoms. The van der Waals surface area contributed by atoms with Crippen molar-refractivity contribution in [2.24, 2.45) is 5.41 Å². The molecule has 3 aliphatic rings. The SMILES string of the molecule is N#CC1(C(=O)N2CCN(c3ccc(-c4cc5nccnc5c(NC[C@@H]5CNCCO5)n4)cc3)CC2)CC1. The molecule has 1 atom stereocenters. The maximum atomic E-state index is 12.7.